The van der Waals surface area contributed by atoms with Gasteiger partial charge in [0.25, 0.3) is 0 Å². The van der Waals surface area contributed by atoms with Crippen molar-refractivity contribution in [2.45, 2.75) is 26.3 Å². The molecule has 8 heteroatoms. The quantitative estimate of drug-likeness (QED) is 0.559. The number of nitrogens with one attached hydrogen (secondary N) is 2. The average molecular weight is 351 g/mol. The van der Waals surface area contributed by atoms with E-state index in [9.17, 15) is 9.59 Å². The maximum absolute atomic E-state index is 12.0. The van der Waals surface area contributed by atoms with Gasteiger partial charge in [-0.05, 0) is 13.3 Å². The van der Waals surface area contributed by atoms with Gasteiger partial charge in [-0.15, -0.1) is 12.4 Å². The van der Waals surface area contributed by atoms with Crippen LogP contribution in [0.15, 0.2) is 0 Å². The molecule has 1 atom stereocenters. The SMILES string of the molecule is CCC(C)NC(=O)CN1CCN(C(=O)CNCCOC)CC1.Cl. The molecule has 1 aliphatic heterocycles. The van der Waals surface area contributed by atoms with Crippen LogP contribution in [0.5, 0.6) is 0 Å². The van der Waals surface area contributed by atoms with E-state index in [1.165, 1.54) is 0 Å². The van der Waals surface area contributed by atoms with Gasteiger partial charge in [0, 0.05) is 45.9 Å². The zero-order chi connectivity index (χ0) is 16.4. The second-order valence-corrected chi connectivity index (χ2v) is 5.70. The topological polar surface area (TPSA) is 73.9 Å². The fourth-order valence-electron chi connectivity index (χ4n) is 2.26. The van der Waals surface area contributed by atoms with E-state index in [1.807, 2.05) is 11.8 Å². The molecule has 1 unspecified atom stereocenters. The highest BCUT2D eigenvalue weighted by molar-refractivity contribution is 5.85. The molecule has 0 aromatic carbocycles. The number of nitrogens with zero attached hydrogens (tertiary/aromatic N) is 2. The zero-order valence-electron chi connectivity index (χ0n) is 14.5. The van der Waals surface area contributed by atoms with E-state index >= 15 is 0 Å². The van der Waals surface area contributed by atoms with Crippen LogP contribution in [0.3, 0.4) is 0 Å². The molecule has 0 aromatic rings. The Labute approximate surface area is 145 Å². The Balaban J connectivity index is 0.00000484. The van der Waals surface area contributed by atoms with Crippen LogP contribution in [0.4, 0.5) is 0 Å². The van der Waals surface area contributed by atoms with Crippen molar-refractivity contribution >= 4 is 24.2 Å². The maximum Gasteiger partial charge on any atom is 0.236 e. The second kappa shape index (κ2) is 12.5. The molecule has 1 saturated heterocycles. The molecule has 23 heavy (non-hydrogen) atoms. The van der Waals surface area contributed by atoms with Crippen LogP contribution in [-0.2, 0) is 14.3 Å². The largest absolute Gasteiger partial charge is 0.383 e. The first kappa shape index (κ1) is 22.1. The predicted molar refractivity (Wildman–Crippen MR) is 92.9 cm³/mol. The second-order valence-electron chi connectivity index (χ2n) is 5.70. The normalized spacial score (nSPS) is 16.6. The first-order valence-electron chi connectivity index (χ1n) is 8.06. The van der Waals surface area contributed by atoms with Crippen LogP contribution in [0.1, 0.15) is 20.3 Å². The number of rotatable bonds is 9. The molecular weight excluding hydrogens is 320 g/mol. The number of halogens is 1. The summed E-state index contributed by atoms with van der Waals surface area (Å²) in [5.74, 6) is 0.176. The van der Waals surface area contributed by atoms with E-state index in [1.54, 1.807) is 7.11 Å². The highest BCUT2D eigenvalue weighted by atomic mass is 35.5. The summed E-state index contributed by atoms with van der Waals surface area (Å²) < 4.78 is 4.92. The number of carbonyl (C=O) groups excluding carboxylic acids is 2. The van der Waals surface area contributed by atoms with Gasteiger partial charge in [0.15, 0.2) is 0 Å². The van der Waals surface area contributed by atoms with Crippen molar-refractivity contribution in [2.24, 2.45) is 0 Å². The number of hydrogen-bond donors (Lipinski definition) is 2. The lowest BCUT2D eigenvalue weighted by Crippen LogP contribution is -2.53. The number of methoxy groups -OCH3 is 1. The molecule has 0 radical (unpaired) electrons. The maximum atomic E-state index is 12.0. The molecule has 1 rings (SSSR count). The minimum Gasteiger partial charge on any atom is -0.383 e. The van der Waals surface area contributed by atoms with Crippen LogP contribution in [0, 0.1) is 0 Å². The number of hydrogen-bond acceptors (Lipinski definition) is 5. The number of piperazine rings is 1. The summed E-state index contributed by atoms with van der Waals surface area (Å²) in [6.07, 6.45) is 0.935. The van der Waals surface area contributed by atoms with Gasteiger partial charge in [-0.25, -0.2) is 0 Å². The molecule has 1 fully saturated rings. The van der Waals surface area contributed by atoms with Gasteiger partial charge in [-0.1, -0.05) is 6.92 Å². The van der Waals surface area contributed by atoms with Gasteiger partial charge >= 0.3 is 0 Å². The van der Waals surface area contributed by atoms with E-state index in [0.717, 1.165) is 19.5 Å². The van der Waals surface area contributed by atoms with Crippen molar-refractivity contribution in [1.82, 2.24) is 20.4 Å². The van der Waals surface area contributed by atoms with E-state index < -0.39 is 0 Å². The first-order valence-corrected chi connectivity index (χ1v) is 8.06. The van der Waals surface area contributed by atoms with Crippen LogP contribution in [-0.4, -0.2) is 87.2 Å². The van der Waals surface area contributed by atoms with Crippen molar-refractivity contribution in [3.63, 3.8) is 0 Å². The van der Waals surface area contributed by atoms with E-state index in [2.05, 4.69) is 22.5 Å². The van der Waals surface area contributed by atoms with Gasteiger partial charge in [0.1, 0.15) is 0 Å². The van der Waals surface area contributed by atoms with Gasteiger partial charge in [0.05, 0.1) is 19.7 Å². The molecule has 1 aliphatic rings. The summed E-state index contributed by atoms with van der Waals surface area (Å²) in [6, 6.07) is 0.216. The molecule has 0 aromatic heterocycles. The average Bonchev–Trinajstić information content (AvgIpc) is 2.51. The predicted octanol–water partition coefficient (Wildman–Crippen LogP) is -0.297. The Kier molecular flexibility index (Phi) is 12.0. The van der Waals surface area contributed by atoms with E-state index in [0.29, 0.717) is 39.3 Å². The fourth-order valence-corrected chi connectivity index (χ4v) is 2.26. The van der Waals surface area contributed by atoms with Crippen LogP contribution < -0.4 is 10.6 Å². The lowest BCUT2D eigenvalue weighted by molar-refractivity contribution is -0.132. The molecule has 0 saturated carbocycles. The van der Waals surface area contributed by atoms with Crippen molar-refractivity contribution in [3.05, 3.63) is 0 Å². The molecule has 7 nitrogen and oxygen atoms in total. The highest BCUT2D eigenvalue weighted by Gasteiger charge is 2.22. The smallest absolute Gasteiger partial charge is 0.236 e. The van der Waals surface area contributed by atoms with E-state index in [4.69, 9.17) is 4.74 Å². The third kappa shape index (κ3) is 9.10. The van der Waals surface area contributed by atoms with Crippen LogP contribution in [0.25, 0.3) is 0 Å². The Morgan fingerprint density at radius 3 is 2.43 bits per heavy atom. The summed E-state index contributed by atoms with van der Waals surface area (Å²) in [5.41, 5.74) is 0. The molecule has 136 valence electrons. The molecule has 2 N–H and O–H groups in total. The van der Waals surface area contributed by atoms with Gasteiger partial charge in [-0.3, -0.25) is 14.5 Å². The van der Waals surface area contributed by atoms with Gasteiger partial charge in [-0.2, -0.15) is 0 Å². The molecular formula is C15H31ClN4O3. The first-order chi connectivity index (χ1) is 10.6. The summed E-state index contributed by atoms with van der Waals surface area (Å²) in [5, 5.41) is 6.03. The minimum absolute atomic E-state index is 0. The Bertz CT molecular complexity index is 350. The Hall–Kier alpha value is -0.890. The number of ether oxygens (including phenoxy) is 1. The number of carbonyl (C=O) groups is 2. The van der Waals surface area contributed by atoms with Crippen molar-refractivity contribution < 1.29 is 14.3 Å². The molecule has 2 amide bonds. The zero-order valence-corrected chi connectivity index (χ0v) is 15.3. The fraction of sp³-hybridized carbons (Fsp3) is 0.867. The van der Waals surface area contributed by atoms with Gasteiger partial charge in [0.2, 0.25) is 11.8 Å². The summed E-state index contributed by atoms with van der Waals surface area (Å²) in [7, 11) is 1.64. The lowest BCUT2D eigenvalue weighted by atomic mass is 10.2. The summed E-state index contributed by atoms with van der Waals surface area (Å²) >= 11 is 0. The summed E-state index contributed by atoms with van der Waals surface area (Å²) in [4.78, 5) is 27.8. The van der Waals surface area contributed by atoms with Crippen LogP contribution in [0.2, 0.25) is 0 Å². The Morgan fingerprint density at radius 2 is 1.87 bits per heavy atom. The van der Waals surface area contributed by atoms with Crippen molar-refractivity contribution in [1.29, 1.82) is 0 Å². The molecule has 0 spiro atoms. The molecule has 1 heterocycles. The van der Waals surface area contributed by atoms with Crippen molar-refractivity contribution in [2.75, 3.05) is 59.5 Å². The standard InChI is InChI=1S/C15H30N4O3.ClH/c1-4-13(2)17-14(20)12-18-6-8-19(9-7-18)15(21)11-16-5-10-22-3;/h13,16H,4-12H2,1-3H3,(H,17,20);1H. The third-order valence-corrected chi connectivity index (χ3v) is 3.87. The molecule has 0 aliphatic carbocycles. The van der Waals surface area contributed by atoms with Crippen molar-refractivity contribution in [3.8, 4) is 0 Å². The lowest BCUT2D eigenvalue weighted by Gasteiger charge is -2.34. The number of amides is 2. The summed E-state index contributed by atoms with van der Waals surface area (Å²) in [6.45, 7) is 8.96. The molecule has 0 bridgehead atoms. The third-order valence-electron chi connectivity index (χ3n) is 3.87. The highest BCUT2D eigenvalue weighted by Crippen LogP contribution is 2.02. The monoisotopic (exact) mass is 350 g/mol. The van der Waals surface area contributed by atoms with Crippen LogP contribution >= 0.6 is 12.4 Å². The Morgan fingerprint density at radius 1 is 1.22 bits per heavy atom. The van der Waals surface area contributed by atoms with E-state index in [-0.39, 0.29) is 30.3 Å². The minimum atomic E-state index is 0. The van der Waals surface area contributed by atoms with Gasteiger partial charge < -0.3 is 20.3 Å².